The molecule has 7 nitrogen and oxygen atoms in total. The molecule has 1 fully saturated rings. The second-order valence-corrected chi connectivity index (χ2v) is 7.08. The van der Waals surface area contributed by atoms with Crippen LogP contribution in [0.4, 0.5) is 5.69 Å². The number of nitrogens with zero attached hydrogens (tertiary/aromatic N) is 2. The van der Waals surface area contributed by atoms with Crippen molar-refractivity contribution in [3.63, 3.8) is 0 Å². The largest absolute Gasteiger partial charge is 0.376 e. The number of H-pyrrole nitrogens is 1. The predicted octanol–water partition coefficient (Wildman–Crippen LogP) is 2.10. The average Bonchev–Trinajstić information content (AvgIpc) is 3.22. The highest BCUT2D eigenvalue weighted by molar-refractivity contribution is 7.99. The van der Waals surface area contributed by atoms with Crippen molar-refractivity contribution in [3.05, 3.63) is 39.8 Å². The van der Waals surface area contributed by atoms with E-state index in [9.17, 15) is 9.59 Å². The Bertz CT molecular complexity index is 808. The van der Waals surface area contributed by atoms with Crippen LogP contribution in [0.3, 0.4) is 0 Å². The summed E-state index contributed by atoms with van der Waals surface area (Å²) in [4.78, 5) is 24.2. The van der Waals surface area contributed by atoms with Gasteiger partial charge in [-0.2, -0.15) is 0 Å². The minimum atomic E-state index is -0.270. The monoisotopic (exact) mass is 362 g/mol. The molecule has 8 heteroatoms. The van der Waals surface area contributed by atoms with Gasteiger partial charge in [-0.15, -0.1) is 5.10 Å². The molecule has 1 atom stereocenters. The summed E-state index contributed by atoms with van der Waals surface area (Å²) < 4.78 is 7.12. The van der Waals surface area contributed by atoms with Gasteiger partial charge < -0.3 is 10.1 Å². The van der Waals surface area contributed by atoms with Gasteiger partial charge in [0.25, 0.3) is 0 Å². The zero-order valence-electron chi connectivity index (χ0n) is 14.4. The zero-order chi connectivity index (χ0) is 17.8. The van der Waals surface area contributed by atoms with Gasteiger partial charge >= 0.3 is 5.69 Å². The second kappa shape index (κ2) is 7.88. The summed E-state index contributed by atoms with van der Waals surface area (Å²) in [5.41, 5.74) is 2.72. The summed E-state index contributed by atoms with van der Waals surface area (Å²) in [7, 11) is 0. The number of carbonyl (C=O) groups excluding carboxylic acids is 1. The van der Waals surface area contributed by atoms with Crippen molar-refractivity contribution in [2.24, 2.45) is 0 Å². The minimum Gasteiger partial charge on any atom is -0.376 e. The number of nitrogens with one attached hydrogen (secondary N) is 2. The second-order valence-electron chi connectivity index (χ2n) is 6.14. The first-order valence-electron chi connectivity index (χ1n) is 8.30. The summed E-state index contributed by atoms with van der Waals surface area (Å²) in [5, 5.41) is 9.89. The van der Waals surface area contributed by atoms with Gasteiger partial charge in [-0.05, 0) is 43.9 Å². The molecule has 2 heterocycles. The fraction of sp³-hybridized carbons (Fsp3) is 0.471. The lowest BCUT2D eigenvalue weighted by Gasteiger charge is -2.12. The molecule has 1 aliphatic heterocycles. The number of aromatic amines is 1. The normalized spacial score (nSPS) is 17.0. The molecular formula is C17H22N4O3S. The molecule has 1 aliphatic rings. The van der Waals surface area contributed by atoms with E-state index in [2.05, 4.69) is 15.5 Å². The Morgan fingerprint density at radius 2 is 2.32 bits per heavy atom. The first kappa shape index (κ1) is 17.8. The van der Waals surface area contributed by atoms with Gasteiger partial charge in [0.2, 0.25) is 5.91 Å². The van der Waals surface area contributed by atoms with Gasteiger partial charge in [0, 0.05) is 12.3 Å². The predicted molar refractivity (Wildman–Crippen MR) is 97.1 cm³/mol. The number of benzene rings is 1. The molecule has 134 valence electrons. The Morgan fingerprint density at radius 1 is 1.48 bits per heavy atom. The molecule has 1 saturated heterocycles. The third kappa shape index (κ3) is 4.32. The zero-order valence-corrected chi connectivity index (χ0v) is 15.2. The van der Waals surface area contributed by atoms with Crippen molar-refractivity contribution >= 4 is 23.4 Å². The molecule has 0 saturated carbocycles. The number of hydrogen-bond acceptors (Lipinski definition) is 5. The number of ether oxygens (including phenoxy) is 1. The molecule has 0 aliphatic carbocycles. The molecule has 1 amide bonds. The Hall–Kier alpha value is -2.06. The lowest BCUT2D eigenvalue weighted by atomic mass is 10.1. The van der Waals surface area contributed by atoms with Crippen LogP contribution >= 0.6 is 11.8 Å². The number of rotatable bonds is 6. The molecule has 0 spiro atoms. The number of aromatic nitrogens is 3. The van der Waals surface area contributed by atoms with Gasteiger partial charge in [-0.3, -0.25) is 9.36 Å². The molecule has 2 aromatic rings. The number of aryl methyl sites for hydroxylation is 1. The number of amides is 1. The number of thioether (sulfide) groups is 1. The van der Waals surface area contributed by atoms with Crippen molar-refractivity contribution in [2.45, 2.75) is 44.5 Å². The topological polar surface area (TPSA) is 89.0 Å². The third-order valence-corrected chi connectivity index (χ3v) is 5.32. The van der Waals surface area contributed by atoms with Crippen molar-refractivity contribution in [1.29, 1.82) is 0 Å². The SMILES string of the molecule is Cc1cccc(NC(=O)CSc2n[nH]c(=O)n2CC2CCCO2)c1C. The maximum atomic E-state index is 12.2. The Kier molecular flexibility index (Phi) is 5.60. The van der Waals surface area contributed by atoms with Crippen LogP contribution in [-0.2, 0) is 16.1 Å². The molecule has 0 bridgehead atoms. The summed E-state index contributed by atoms with van der Waals surface area (Å²) in [6.45, 7) is 5.19. The van der Waals surface area contributed by atoms with E-state index in [1.54, 1.807) is 4.57 Å². The molecule has 0 radical (unpaired) electrons. The Morgan fingerprint density at radius 3 is 3.08 bits per heavy atom. The van der Waals surface area contributed by atoms with Gasteiger partial charge in [0.15, 0.2) is 5.16 Å². The minimum absolute atomic E-state index is 0.0402. The fourth-order valence-corrected chi connectivity index (χ4v) is 3.53. The molecule has 3 rings (SSSR count). The van der Waals surface area contributed by atoms with Crippen molar-refractivity contribution < 1.29 is 9.53 Å². The summed E-state index contributed by atoms with van der Waals surface area (Å²) in [5.74, 6) is 0.0567. The van der Waals surface area contributed by atoms with E-state index in [0.717, 1.165) is 36.3 Å². The highest BCUT2D eigenvalue weighted by Gasteiger charge is 2.20. The van der Waals surface area contributed by atoms with E-state index in [4.69, 9.17) is 4.74 Å². The summed E-state index contributed by atoms with van der Waals surface area (Å²) in [6, 6.07) is 5.80. The molecule has 25 heavy (non-hydrogen) atoms. The van der Waals surface area contributed by atoms with Crippen LogP contribution in [0.15, 0.2) is 28.2 Å². The van der Waals surface area contributed by atoms with Crippen molar-refractivity contribution in [1.82, 2.24) is 14.8 Å². The number of anilines is 1. The van der Waals surface area contributed by atoms with E-state index in [-0.39, 0.29) is 23.5 Å². The van der Waals surface area contributed by atoms with Crippen LogP contribution in [0.2, 0.25) is 0 Å². The van der Waals surface area contributed by atoms with Crippen molar-refractivity contribution in [3.8, 4) is 0 Å². The highest BCUT2D eigenvalue weighted by atomic mass is 32.2. The summed E-state index contributed by atoms with van der Waals surface area (Å²) >= 11 is 1.24. The maximum Gasteiger partial charge on any atom is 0.344 e. The van der Waals surface area contributed by atoms with Crippen molar-refractivity contribution in [2.75, 3.05) is 17.7 Å². The summed E-state index contributed by atoms with van der Waals surface area (Å²) in [6.07, 6.45) is 1.99. The van der Waals surface area contributed by atoms with Crippen LogP contribution in [0.25, 0.3) is 0 Å². The molecule has 2 N–H and O–H groups in total. The van der Waals surface area contributed by atoms with E-state index < -0.39 is 0 Å². The fourth-order valence-electron chi connectivity index (χ4n) is 2.77. The van der Waals surface area contributed by atoms with Crippen LogP contribution in [0.1, 0.15) is 24.0 Å². The maximum absolute atomic E-state index is 12.2. The van der Waals surface area contributed by atoms with E-state index in [1.807, 2.05) is 32.0 Å². The molecular weight excluding hydrogens is 340 g/mol. The van der Waals surface area contributed by atoms with E-state index >= 15 is 0 Å². The standard InChI is InChI=1S/C17H22N4O3S/c1-11-5-3-7-14(12(11)2)18-15(22)10-25-17-20-19-16(23)21(17)9-13-6-4-8-24-13/h3,5,7,13H,4,6,8-10H2,1-2H3,(H,18,22)(H,19,23). The van der Waals surface area contributed by atoms with Crippen LogP contribution in [0, 0.1) is 13.8 Å². The first-order chi connectivity index (χ1) is 12.0. The Labute approximate surface area is 150 Å². The third-order valence-electron chi connectivity index (χ3n) is 4.34. The lowest BCUT2D eigenvalue weighted by molar-refractivity contribution is -0.113. The quantitative estimate of drug-likeness (QED) is 0.768. The smallest absolute Gasteiger partial charge is 0.344 e. The van der Waals surface area contributed by atoms with Crippen LogP contribution in [-0.4, -0.2) is 39.1 Å². The number of hydrogen-bond donors (Lipinski definition) is 2. The lowest BCUT2D eigenvalue weighted by Crippen LogP contribution is -2.25. The van der Waals surface area contributed by atoms with E-state index in [1.165, 1.54) is 11.8 Å². The highest BCUT2D eigenvalue weighted by Crippen LogP contribution is 2.20. The number of carbonyl (C=O) groups is 1. The van der Waals surface area contributed by atoms with Gasteiger partial charge in [-0.1, -0.05) is 23.9 Å². The van der Waals surface area contributed by atoms with Crippen LogP contribution in [0.5, 0.6) is 0 Å². The molecule has 1 unspecified atom stereocenters. The van der Waals surface area contributed by atoms with Crippen LogP contribution < -0.4 is 11.0 Å². The van der Waals surface area contributed by atoms with E-state index in [0.29, 0.717) is 11.7 Å². The Balaban J connectivity index is 1.60. The average molecular weight is 362 g/mol. The van der Waals surface area contributed by atoms with Gasteiger partial charge in [0.1, 0.15) is 0 Å². The first-order valence-corrected chi connectivity index (χ1v) is 9.29. The van der Waals surface area contributed by atoms with Gasteiger partial charge in [-0.25, -0.2) is 9.89 Å². The van der Waals surface area contributed by atoms with Gasteiger partial charge in [0.05, 0.1) is 18.4 Å². The molecule has 1 aromatic heterocycles. The molecule has 1 aromatic carbocycles.